The summed E-state index contributed by atoms with van der Waals surface area (Å²) in [7, 11) is 0. The number of aromatic amines is 1. The maximum Gasteiger partial charge on any atom is 0.408 e. The monoisotopic (exact) mass is 415 g/mol. The van der Waals surface area contributed by atoms with Crippen molar-refractivity contribution >= 4 is 29.1 Å². The number of nitriles is 1. The zero-order valence-corrected chi connectivity index (χ0v) is 18.7. The number of hydrogen-bond acceptors (Lipinski definition) is 3. The van der Waals surface area contributed by atoms with E-state index in [0.717, 1.165) is 27.6 Å². The molecule has 3 aromatic rings. The molecule has 5 heteroatoms. The summed E-state index contributed by atoms with van der Waals surface area (Å²) in [5.41, 5.74) is 3.94. The molecule has 31 heavy (non-hydrogen) atoms. The highest BCUT2D eigenvalue weighted by Crippen LogP contribution is 2.26. The van der Waals surface area contributed by atoms with E-state index in [1.165, 1.54) is 0 Å². The second-order valence-electron chi connectivity index (χ2n) is 9.34. The van der Waals surface area contributed by atoms with Gasteiger partial charge in [-0.05, 0) is 69.9 Å². The van der Waals surface area contributed by atoms with Crippen molar-refractivity contribution in [1.29, 1.82) is 5.26 Å². The normalized spacial score (nSPS) is 12.1. The van der Waals surface area contributed by atoms with Crippen LogP contribution in [0.3, 0.4) is 0 Å². The number of nitrogens with zero attached hydrogens (tertiary/aromatic N) is 1. The number of carbonyl (C=O) groups is 1. The topological polar surface area (TPSA) is 77.9 Å². The molecule has 1 amide bonds. The van der Waals surface area contributed by atoms with E-state index in [0.29, 0.717) is 12.0 Å². The van der Waals surface area contributed by atoms with Crippen molar-refractivity contribution in [3.8, 4) is 6.07 Å². The van der Waals surface area contributed by atoms with Crippen LogP contribution in [0, 0.1) is 11.3 Å². The molecule has 0 aliphatic carbocycles. The van der Waals surface area contributed by atoms with Gasteiger partial charge >= 0.3 is 6.09 Å². The third-order valence-corrected chi connectivity index (χ3v) is 4.80. The van der Waals surface area contributed by atoms with Gasteiger partial charge in [-0.2, -0.15) is 5.26 Å². The Morgan fingerprint density at radius 3 is 2.45 bits per heavy atom. The van der Waals surface area contributed by atoms with Crippen LogP contribution in [0.25, 0.3) is 23.1 Å². The first-order chi connectivity index (χ1) is 14.6. The highest BCUT2D eigenvalue weighted by atomic mass is 16.6. The van der Waals surface area contributed by atoms with Crippen LogP contribution >= 0.6 is 0 Å². The molecule has 0 spiro atoms. The molecule has 0 saturated carbocycles. The van der Waals surface area contributed by atoms with Gasteiger partial charge in [0.05, 0.1) is 17.1 Å². The molecule has 5 nitrogen and oxygen atoms in total. The number of ether oxygens (including phenoxy) is 1. The molecule has 0 fully saturated rings. The standard InChI is InChI=1S/C26H29N3O2/c1-25(2,3)31-24(30)29-26(4,5)15-21-17-28-23-20(7-6-8-22(21)23)14-13-18-9-11-19(16-27)12-10-18/h6-14,17,28H,15H2,1-5H3,(H,29,30). The van der Waals surface area contributed by atoms with Crippen molar-refractivity contribution in [2.45, 2.75) is 52.2 Å². The lowest BCUT2D eigenvalue weighted by atomic mass is 9.94. The Bertz CT molecular complexity index is 1140. The lowest BCUT2D eigenvalue weighted by molar-refractivity contribution is 0.0472. The highest BCUT2D eigenvalue weighted by molar-refractivity contribution is 5.92. The molecule has 3 rings (SSSR count). The molecule has 0 aliphatic heterocycles. The maximum atomic E-state index is 12.2. The van der Waals surface area contributed by atoms with Crippen LogP contribution in [-0.2, 0) is 11.2 Å². The molecule has 1 heterocycles. The van der Waals surface area contributed by atoms with Crippen molar-refractivity contribution in [3.63, 3.8) is 0 Å². The van der Waals surface area contributed by atoms with E-state index in [1.807, 2.05) is 77.2 Å². The van der Waals surface area contributed by atoms with Crippen molar-refractivity contribution in [3.05, 3.63) is 70.9 Å². The van der Waals surface area contributed by atoms with Crippen LogP contribution < -0.4 is 5.32 Å². The van der Waals surface area contributed by atoms with Crippen LogP contribution in [0.5, 0.6) is 0 Å². The fourth-order valence-electron chi connectivity index (χ4n) is 3.48. The summed E-state index contributed by atoms with van der Waals surface area (Å²) in [6.45, 7) is 9.54. The summed E-state index contributed by atoms with van der Waals surface area (Å²) in [5.74, 6) is 0. The first-order valence-electron chi connectivity index (χ1n) is 10.3. The molecular formula is C26H29N3O2. The van der Waals surface area contributed by atoms with E-state index < -0.39 is 17.2 Å². The summed E-state index contributed by atoms with van der Waals surface area (Å²) in [6, 6.07) is 15.8. The largest absolute Gasteiger partial charge is 0.444 e. The van der Waals surface area contributed by atoms with Gasteiger partial charge in [-0.25, -0.2) is 4.79 Å². The van der Waals surface area contributed by atoms with E-state index in [1.54, 1.807) is 0 Å². The van der Waals surface area contributed by atoms with Gasteiger partial charge in [-0.15, -0.1) is 0 Å². The minimum atomic E-state index is -0.531. The maximum absolute atomic E-state index is 12.2. The molecule has 0 aliphatic rings. The van der Waals surface area contributed by atoms with Crippen LogP contribution in [0.15, 0.2) is 48.7 Å². The summed E-state index contributed by atoms with van der Waals surface area (Å²) < 4.78 is 5.40. The number of hydrogen-bond donors (Lipinski definition) is 2. The molecular weight excluding hydrogens is 386 g/mol. The van der Waals surface area contributed by atoms with E-state index in [4.69, 9.17) is 10.00 Å². The van der Waals surface area contributed by atoms with E-state index >= 15 is 0 Å². The molecule has 0 radical (unpaired) electrons. The van der Waals surface area contributed by atoms with E-state index in [2.05, 4.69) is 34.6 Å². The molecule has 2 N–H and O–H groups in total. The third kappa shape index (κ3) is 5.99. The number of H-pyrrole nitrogens is 1. The van der Waals surface area contributed by atoms with Crippen molar-refractivity contribution in [2.24, 2.45) is 0 Å². The van der Waals surface area contributed by atoms with Gasteiger partial charge in [0, 0.05) is 17.1 Å². The van der Waals surface area contributed by atoms with Crippen LogP contribution in [0.2, 0.25) is 0 Å². The smallest absolute Gasteiger partial charge is 0.408 e. The van der Waals surface area contributed by atoms with Crippen molar-refractivity contribution in [2.75, 3.05) is 0 Å². The van der Waals surface area contributed by atoms with Crippen molar-refractivity contribution < 1.29 is 9.53 Å². The second-order valence-corrected chi connectivity index (χ2v) is 9.34. The van der Waals surface area contributed by atoms with Gasteiger partial charge in [0.25, 0.3) is 0 Å². The van der Waals surface area contributed by atoms with E-state index in [-0.39, 0.29) is 0 Å². The SMILES string of the molecule is CC(C)(Cc1c[nH]c2c(C=Cc3ccc(C#N)cc3)cccc12)NC(=O)OC(C)(C)C. The van der Waals surface area contributed by atoms with Gasteiger partial charge in [-0.3, -0.25) is 0 Å². The molecule has 0 bridgehead atoms. The Balaban J connectivity index is 1.79. The minimum absolute atomic E-state index is 0.414. The number of para-hydroxylation sites is 1. The summed E-state index contributed by atoms with van der Waals surface area (Å²) in [6.07, 6.45) is 6.35. The van der Waals surface area contributed by atoms with Gasteiger partial charge in [-0.1, -0.05) is 42.5 Å². The lowest BCUT2D eigenvalue weighted by Crippen LogP contribution is -2.47. The van der Waals surface area contributed by atoms with Crippen molar-refractivity contribution in [1.82, 2.24) is 10.3 Å². The van der Waals surface area contributed by atoms with E-state index in [9.17, 15) is 4.79 Å². The van der Waals surface area contributed by atoms with Gasteiger partial charge in [0.2, 0.25) is 0 Å². The highest BCUT2D eigenvalue weighted by Gasteiger charge is 2.26. The Labute approximate surface area is 183 Å². The average Bonchev–Trinajstić information content (AvgIpc) is 3.07. The summed E-state index contributed by atoms with van der Waals surface area (Å²) >= 11 is 0. The first kappa shape index (κ1) is 22.2. The molecule has 2 aromatic carbocycles. The van der Waals surface area contributed by atoms with Crippen LogP contribution in [0.1, 0.15) is 56.9 Å². The number of nitrogens with one attached hydrogen (secondary N) is 2. The molecule has 0 saturated heterocycles. The Morgan fingerprint density at radius 1 is 1.10 bits per heavy atom. The molecule has 0 unspecified atom stereocenters. The number of aromatic nitrogens is 1. The zero-order valence-electron chi connectivity index (χ0n) is 18.7. The fraction of sp³-hybridized carbons (Fsp3) is 0.308. The lowest BCUT2D eigenvalue weighted by Gasteiger charge is -2.28. The Kier molecular flexibility index (Phi) is 6.21. The van der Waals surface area contributed by atoms with Gasteiger partial charge in [0.15, 0.2) is 0 Å². The number of amides is 1. The predicted molar refractivity (Wildman–Crippen MR) is 126 cm³/mol. The third-order valence-electron chi connectivity index (χ3n) is 4.80. The zero-order chi connectivity index (χ0) is 22.6. The number of carbonyl (C=O) groups excluding carboxylic acids is 1. The second kappa shape index (κ2) is 8.69. The number of fused-ring (bicyclic) bond motifs is 1. The Morgan fingerprint density at radius 2 is 1.81 bits per heavy atom. The average molecular weight is 416 g/mol. The summed E-state index contributed by atoms with van der Waals surface area (Å²) in [4.78, 5) is 15.6. The minimum Gasteiger partial charge on any atom is -0.444 e. The molecule has 1 aromatic heterocycles. The van der Waals surface area contributed by atoms with Gasteiger partial charge in [0.1, 0.15) is 5.60 Å². The fourth-order valence-corrected chi connectivity index (χ4v) is 3.48. The number of rotatable bonds is 5. The van der Waals surface area contributed by atoms with Crippen LogP contribution in [0.4, 0.5) is 4.79 Å². The predicted octanol–water partition coefficient (Wildman–Crippen LogP) is 6.06. The number of alkyl carbamates (subject to hydrolysis) is 1. The molecule has 0 atom stereocenters. The first-order valence-corrected chi connectivity index (χ1v) is 10.3. The van der Waals surface area contributed by atoms with Crippen LogP contribution in [-0.4, -0.2) is 22.2 Å². The van der Waals surface area contributed by atoms with Gasteiger partial charge < -0.3 is 15.0 Å². The summed E-state index contributed by atoms with van der Waals surface area (Å²) in [5, 5.41) is 13.0. The quantitative estimate of drug-likeness (QED) is 0.498. The number of benzene rings is 2. The molecule has 160 valence electrons. The Hall–Kier alpha value is -3.52.